The van der Waals surface area contributed by atoms with E-state index in [1.807, 2.05) is 18.2 Å². The van der Waals surface area contributed by atoms with E-state index in [-0.39, 0.29) is 0 Å². The van der Waals surface area contributed by atoms with E-state index in [4.69, 9.17) is 0 Å². The molecule has 0 radical (unpaired) electrons. The Morgan fingerprint density at radius 2 is 1.03 bits per heavy atom. The number of hydrogen-bond donors (Lipinski definition) is 1. The maximum atomic E-state index is 3.86. The molecule has 0 unspecified atom stereocenters. The van der Waals surface area contributed by atoms with Gasteiger partial charge in [-0.05, 0) is 76.7 Å². The molecule has 0 amide bonds. The summed E-state index contributed by atoms with van der Waals surface area (Å²) < 4.78 is 0. The van der Waals surface area contributed by atoms with Crippen molar-refractivity contribution in [3.05, 3.63) is 30.6 Å². The van der Waals surface area contributed by atoms with Crippen molar-refractivity contribution in [3.63, 3.8) is 0 Å². The molecule has 0 aromatic carbocycles. The summed E-state index contributed by atoms with van der Waals surface area (Å²) in [6.45, 7) is 10.8. The van der Waals surface area contributed by atoms with Gasteiger partial charge < -0.3 is 10.2 Å². The van der Waals surface area contributed by atoms with Crippen molar-refractivity contribution < 1.29 is 0 Å². The Labute approximate surface area is 201 Å². The average molecular weight is 446 g/mol. The van der Waals surface area contributed by atoms with Crippen molar-refractivity contribution in [2.75, 3.05) is 19.6 Å². The van der Waals surface area contributed by atoms with Crippen molar-refractivity contribution >= 4 is 0 Å². The van der Waals surface area contributed by atoms with E-state index in [9.17, 15) is 0 Å². The second-order valence-electron chi connectivity index (χ2n) is 9.76. The number of rotatable bonds is 11. The van der Waals surface area contributed by atoms with Crippen LogP contribution in [0.15, 0.2) is 30.6 Å². The highest BCUT2D eigenvalue weighted by Crippen LogP contribution is 2.22. The minimum atomic E-state index is 0.872. The lowest BCUT2D eigenvalue weighted by Gasteiger charge is -2.30. The number of pyridine rings is 1. The van der Waals surface area contributed by atoms with E-state index in [2.05, 4.69) is 36.0 Å². The molecular formula is C29H55N3. The van der Waals surface area contributed by atoms with E-state index in [1.54, 1.807) is 12.4 Å². The summed E-state index contributed by atoms with van der Waals surface area (Å²) in [4.78, 5) is 6.42. The first kappa shape index (κ1) is 29.1. The third kappa shape index (κ3) is 16.7. The van der Waals surface area contributed by atoms with Crippen LogP contribution in [-0.2, 0) is 0 Å². The van der Waals surface area contributed by atoms with Gasteiger partial charge in [-0.2, -0.15) is 0 Å². The zero-order chi connectivity index (χ0) is 23.1. The van der Waals surface area contributed by atoms with Crippen LogP contribution in [0.2, 0.25) is 0 Å². The molecule has 3 nitrogen and oxygen atoms in total. The molecule has 2 aliphatic carbocycles. The van der Waals surface area contributed by atoms with Crippen LogP contribution in [-0.4, -0.2) is 41.6 Å². The quantitative estimate of drug-likeness (QED) is 0.374. The minimum absolute atomic E-state index is 0.872. The molecule has 0 aliphatic heterocycles. The highest BCUT2D eigenvalue weighted by Gasteiger charge is 2.19. The number of hydrogen-bond acceptors (Lipinski definition) is 3. The van der Waals surface area contributed by atoms with Gasteiger partial charge in [0.25, 0.3) is 0 Å². The predicted molar refractivity (Wildman–Crippen MR) is 142 cm³/mol. The average Bonchev–Trinajstić information content (AvgIpc) is 2.87. The van der Waals surface area contributed by atoms with Crippen LogP contribution in [0, 0.1) is 0 Å². The Balaban J connectivity index is 0.000000256. The normalized spacial score (nSPS) is 17.2. The van der Waals surface area contributed by atoms with Gasteiger partial charge in [0.05, 0.1) is 0 Å². The van der Waals surface area contributed by atoms with Gasteiger partial charge in [0.15, 0.2) is 0 Å². The molecule has 3 rings (SSSR count). The minimum Gasteiger partial charge on any atom is -0.311 e. The fraction of sp³-hybridized carbons (Fsp3) is 0.828. The molecule has 32 heavy (non-hydrogen) atoms. The molecule has 0 saturated heterocycles. The van der Waals surface area contributed by atoms with Crippen LogP contribution in [0.3, 0.4) is 0 Å². The highest BCUT2D eigenvalue weighted by molar-refractivity contribution is 4.88. The molecule has 2 aliphatic rings. The fourth-order valence-electron chi connectivity index (χ4n) is 4.67. The zero-order valence-corrected chi connectivity index (χ0v) is 21.9. The molecule has 0 atom stereocenters. The first-order valence-corrected chi connectivity index (χ1v) is 14.1. The van der Waals surface area contributed by atoms with Crippen LogP contribution in [0.25, 0.3) is 0 Å². The molecule has 1 aromatic rings. The third-order valence-electron chi connectivity index (χ3n) is 6.73. The van der Waals surface area contributed by atoms with E-state index < -0.39 is 0 Å². The summed E-state index contributed by atoms with van der Waals surface area (Å²) in [6.07, 6.45) is 26.2. The monoisotopic (exact) mass is 445 g/mol. The fourth-order valence-corrected chi connectivity index (χ4v) is 4.67. The molecule has 2 saturated carbocycles. The second kappa shape index (κ2) is 21.9. The van der Waals surface area contributed by atoms with Crippen molar-refractivity contribution in [2.45, 2.75) is 136 Å². The predicted octanol–water partition coefficient (Wildman–Crippen LogP) is 8.01. The van der Waals surface area contributed by atoms with Crippen LogP contribution in [0.1, 0.15) is 124 Å². The van der Waals surface area contributed by atoms with Gasteiger partial charge in [-0.3, -0.25) is 4.98 Å². The standard InChI is InChI=1S/C12H23N.C12H27N.C5H5N/c1-3-7-11(8-4-1)13-12-9-5-2-6-10-12;1-4-7-10-13(11-8-5-2)12-9-6-3;1-2-4-6-5-3-1/h11-13H,1-10H2;4-12H2,1-3H3;1-5H. The van der Waals surface area contributed by atoms with Crippen molar-refractivity contribution in [3.8, 4) is 0 Å². The van der Waals surface area contributed by atoms with Gasteiger partial charge in [0.2, 0.25) is 0 Å². The number of nitrogens with zero attached hydrogens (tertiary/aromatic N) is 2. The topological polar surface area (TPSA) is 28.2 Å². The summed E-state index contributed by atoms with van der Waals surface area (Å²) >= 11 is 0. The van der Waals surface area contributed by atoms with Crippen LogP contribution >= 0.6 is 0 Å². The first-order valence-electron chi connectivity index (χ1n) is 14.1. The maximum Gasteiger partial charge on any atom is 0.0267 e. The molecule has 1 aromatic heterocycles. The molecule has 186 valence electrons. The molecule has 1 heterocycles. The maximum absolute atomic E-state index is 3.86. The highest BCUT2D eigenvalue weighted by atomic mass is 15.1. The lowest BCUT2D eigenvalue weighted by molar-refractivity contribution is 0.261. The molecular weight excluding hydrogens is 390 g/mol. The lowest BCUT2D eigenvalue weighted by atomic mass is 9.91. The lowest BCUT2D eigenvalue weighted by Crippen LogP contribution is -2.40. The van der Waals surface area contributed by atoms with Gasteiger partial charge in [-0.1, -0.05) is 84.6 Å². The van der Waals surface area contributed by atoms with Gasteiger partial charge in [-0.15, -0.1) is 0 Å². The Bertz CT molecular complexity index is 405. The summed E-state index contributed by atoms with van der Waals surface area (Å²) in [7, 11) is 0. The molecule has 0 spiro atoms. The second-order valence-corrected chi connectivity index (χ2v) is 9.76. The molecule has 1 N–H and O–H groups in total. The summed E-state index contributed by atoms with van der Waals surface area (Å²) in [5, 5.41) is 3.86. The van der Waals surface area contributed by atoms with Crippen LogP contribution in [0.5, 0.6) is 0 Å². The van der Waals surface area contributed by atoms with Gasteiger partial charge in [-0.25, -0.2) is 0 Å². The van der Waals surface area contributed by atoms with Gasteiger partial charge in [0.1, 0.15) is 0 Å². The number of aromatic nitrogens is 1. The van der Waals surface area contributed by atoms with Crippen molar-refractivity contribution in [1.82, 2.24) is 15.2 Å². The number of nitrogens with one attached hydrogen (secondary N) is 1. The number of unbranched alkanes of at least 4 members (excludes halogenated alkanes) is 3. The van der Waals surface area contributed by atoms with Crippen LogP contribution < -0.4 is 5.32 Å². The van der Waals surface area contributed by atoms with E-state index >= 15 is 0 Å². The summed E-state index contributed by atoms with van der Waals surface area (Å²) in [5.74, 6) is 0. The van der Waals surface area contributed by atoms with Gasteiger partial charge in [0, 0.05) is 24.5 Å². The Hall–Kier alpha value is -0.930. The van der Waals surface area contributed by atoms with Crippen LogP contribution in [0.4, 0.5) is 0 Å². The zero-order valence-electron chi connectivity index (χ0n) is 21.9. The van der Waals surface area contributed by atoms with E-state index in [0.29, 0.717) is 0 Å². The Morgan fingerprint density at radius 1 is 0.625 bits per heavy atom. The molecule has 0 bridgehead atoms. The largest absolute Gasteiger partial charge is 0.311 e. The SMILES string of the molecule is C1CCC(NC2CCCCC2)CC1.CCCCN(CCCC)CCCC.c1ccncc1. The van der Waals surface area contributed by atoms with Crippen molar-refractivity contribution in [1.29, 1.82) is 0 Å². The Kier molecular flexibility index (Phi) is 19.9. The van der Waals surface area contributed by atoms with E-state index in [0.717, 1.165) is 12.1 Å². The first-order chi connectivity index (χ1) is 15.8. The van der Waals surface area contributed by atoms with Crippen molar-refractivity contribution in [2.24, 2.45) is 0 Å². The third-order valence-corrected chi connectivity index (χ3v) is 6.73. The summed E-state index contributed by atoms with van der Waals surface area (Å²) in [5.41, 5.74) is 0. The molecule has 3 heteroatoms. The Morgan fingerprint density at radius 3 is 1.31 bits per heavy atom. The smallest absolute Gasteiger partial charge is 0.0267 e. The molecule has 2 fully saturated rings. The van der Waals surface area contributed by atoms with E-state index in [1.165, 1.54) is 122 Å². The summed E-state index contributed by atoms with van der Waals surface area (Å²) in [6, 6.07) is 7.46. The van der Waals surface area contributed by atoms with Gasteiger partial charge >= 0.3 is 0 Å².